The van der Waals surface area contributed by atoms with E-state index in [-0.39, 0.29) is 5.91 Å². The molecule has 2 atom stereocenters. The molecule has 1 saturated heterocycles. The van der Waals surface area contributed by atoms with E-state index in [0.29, 0.717) is 24.9 Å². The molecule has 1 fully saturated rings. The van der Waals surface area contributed by atoms with Gasteiger partial charge < -0.3 is 19.5 Å². The number of hydrogen-bond acceptors (Lipinski definition) is 5. The third-order valence-electron chi connectivity index (χ3n) is 6.89. The third kappa shape index (κ3) is 5.45. The number of aromatic nitrogens is 1. The summed E-state index contributed by atoms with van der Waals surface area (Å²) in [7, 11) is 0. The van der Waals surface area contributed by atoms with E-state index in [1.807, 2.05) is 41.3 Å². The zero-order valence-electron chi connectivity index (χ0n) is 18.9. The zero-order valence-corrected chi connectivity index (χ0v) is 18.9. The van der Waals surface area contributed by atoms with Gasteiger partial charge in [0.25, 0.3) is 0 Å². The predicted octanol–water partition coefficient (Wildman–Crippen LogP) is 4.00. The number of fused-ring (bicyclic) bond motifs is 1. The number of hydrogen-bond donors (Lipinski definition) is 1. The first-order valence-electron chi connectivity index (χ1n) is 11.9. The number of rotatable bonds is 7. The molecule has 0 saturated carbocycles. The van der Waals surface area contributed by atoms with Gasteiger partial charge in [0.15, 0.2) is 5.76 Å². The van der Waals surface area contributed by atoms with Crippen LogP contribution in [0, 0.1) is 11.8 Å². The fraction of sp³-hybridized carbons (Fsp3) is 0.407. The largest absolute Gasteiger partial charge is 0.486 e. The normalized spacial score (nSPS) is 20.3. The molecule has 3 heterocycles. The van der Waals surface area contributed by atoms with Crippen LogP contribution in [-0.4, -0.2) is 35.6 Å². The van der Waals surface area contributed by atoms with Crippen LogP contribution < -0.4 is 10.1 Å². The number of carbonyl (C=O) groups is 1. The van der Waals surface area contributed by atoms with E-state index >= 15 is 0 Å². The minimum atomic E-state index is 0.276. The van der Waals surface area contributed by atoms with Crippen molar-refractivity contribution in [2.45, 2.75) is 38.8 Å². The van der Waals surface area contributed by atoms with Gasteiger partial charge in [-0.2, -0.15) is 0 Å². The number of nitrogens with one attached hydrogen (secondary N) is 1. The lowest BCUT2D eigenvalue weighted by molar-refractivity contribution is -0.133. The van der Waals surface area contributed by atoms with Gasteiger partial charge in [-0.3, -0.25) is 4.79 Å². The van der Waals surface area contributed by atoms with Crippen molar-refractivity contribution < 1.29 is 14.1 Å². The van der Waals surface area contributed by atoms with Crippen LogP contribution in [-0.2, 0) is 30.8 Å². The molecule has 1 N–H and O–H groups in total. The van der Waals surface area contributed by atoms with Crippen molar-refractivity contribution in [3.63, 3.8) is 0 Å². The minimum Gasteiger partial charge on any atom is -0.486 e. The molecule has 0 unspecified atom stereocenters. The summed E-state index contributed by atoms with van der Waals surface area (Å²) in [5.74, 6) is 2.53. The maximum absolute atomic E-state index is 13.2. The van der Waals surface area contributed by atoms with Crippen LogP contribution in [0.15, 0.2) is 65.2 Å². The highest BCUT2D eigenvalue weighted by atomic mass is 16.5. The highest BCUT2D eigenvalue weighted by Gasteiger charge is 2.30. The number of para-hydroxylation sites is 1. The van der Waals surface area contributed by atoms with Gasteiger partial charge in [-0.15, -0.1) is 0 Å². The molecular weight excluding hydrogens is 414 g/mol. The number of ether oxygens (including phenoxy) is 1. The molecule has 6 heteroatoms. The van der Waals surface area contributed by atoms with E-state index in [0.717, 1.165) is 62.6 Å². The Balaban J connectivity index is 1.16. The Labute approximate surface area is 194 Å². The maximum Gasteiger partial charge on any atom is 0.223 e. The molecule has 3 aromatic rings. The van der Waals surface area contributed by atoms with Crippen molar-refractivity contribution >= 4 is 5.91 Å². The van der Waals surface area contributed by atoms with Gasteiger partial charge in [0.05, 0.1) is 5.69 Å². The second kappa shape index (κ2) is 10.2. The first kappa shape index (κ1) is 21.7. The summed E-state index contributed by atoms with van der Waals surface area (Å²) >= 11 is 0. The van der Waals surface area contributed by atoms with Crippen molar-refractivity contribution in [3.05, 3.63) is 83.2 Å². The molecule has 2 aliphatic rings. The summed E-state index contributed by atoms with van der Waals surface area (Å²) < 4.78 is 11.3. The summed E-state index contributed by atoms with van der Waals surface area (Å²) in [6.45, 7) is 3.78. The van der Waals surface area contributed by atoms with E-state index in [1.165, 1.54) is 11.1 Å². The third-order valence-corrected chi connectivity index (χ3v) is 6.89. The summed E-state index contributed by atoms with van der Waals surface area (Å²) in [5, 5.41) is 7.77. The highest BCUT2D eigenvalue weighted by Crippen LogP contribution is 2.28. The van der Waals surface area contributed by atoms with Crippen LogP contribution in [0.5, 0.6) is 5.75 Å². The summed E-state index contributed by atoms with van der Waals surface area (Å²) in [6.07, 6.45) is 3.38. The van der Waals surface area contributed by atoms with Gasteiger partial charge in [-0.05, 0) is 67.4 Å². The van der Waals surface area contributed by atoms with E-state index in [4.69, 9.17) is 9.26 Å². The molecule has 1 aromatic heterocycles. The van der Waals surface area contributed by atoms with Gasteiger partial charge in [0.1, 0.15) is 12.4 Å². The van der Waals surface area contributed by atoms with Crippen LogP contribution in [0.3, 0.4) is 0 Å². The Morgan fingerprint density at radius 1 is 1.09 bits per heavy atom. The Hall–Kier alpha value is -3.12. The number of amides is 1. The molecule has 2 aromatic carbocycles. The molecule has 0 radical (unpaired) electrons. The average Bonchev–Trinajstić information content (AvgIpc) is 3.31. The lowest BCUT2D eigenvalue weighted by atomic mass is 9.81. The first-order chi connectivity index (χ1) is 16.2. The molecule has 0 bridgehead atoms. The Morgan fingerprint density at radius 3 is 2.79 bits per heavy atom. The van der Waals surface area contributed by atoms with Crippen LogP contribution in [0.1, 0.15) is 35.4 Å². The summed E-state index contributed by atoms with van der Waals surface area (Å²) in [4.78, 5) is 15.2. The van der Waals surface area contributed by atoms with Gasteiger partial charge in [0, 0.05) is 25.6 Å². The smallest absolute Gasteiger partial charge is 0.223 e. The van der Waals surface area contributed by atoms with Crippen molar-refractivity contribution in [1.29, 1.82) is 0 Å². The van der Waals surface area contributed by atoms with Crippen LogP contribution in [0.2, 0.25) is 0 Å². The Morgan fingerprint density at radius 2 is 1.91 bits per heavy atom. The van der Waals surface area contributed by atoms with Crippen LogP contribution in [0.25, 0.3) is 0 Å². The summed E-state index contributed by atoms with van der Waals surface area (Å²) in [6, 6.07) is 20.2. The number of benzene rings is 2. The maximum atomic E-state index is 13.2. The fourth-order valence-electron chi connectivity index (χ4n) is 5.01. The minimum absolute atomic E-state index is 0.276. The first-order valence-corrected chi connectivity index (χ1v) is 11.9. The van der Waals surface area contributed by atoms with Gasteiger partial charge in [-0.1, -0.05) is 47.6 Å². The fourth-order valence-corrected chi connectivity index (χ4v) is 5.01. The van der Waals surface area contributed by atoms with Gasteiger partial charge >= 0.3 is 0 Å². The summed E-state index contributed by atoms with van der Waals surface area (Å²) in [5.41, 5.74) is 3.59. The number of carbonyl (C=O) groups excluding carboxylic acids is 1. The molecule has 1 amide bonds. The Bertz CT molecular complexity index is 1070. The number of nitrogens with zero attached hydrogens (tertiary/aromatic N) is 2. The molecule has 0 aliphatic carbocycles. The van der Waals surface area contributed by atoms with Crippen LogP contribution >= 0.6 is 0 Å². The number of piperidine rings is 1. The zero-order chi connectivity index (χ0) is 22.5. The van der Waals surface area contributed by atoms with E-state index in [1.54, 1.807) is 0 Å². The Kier molecular flexibility index (Phi) is 6.72. The molecule has 5 rings (SSSR count). The van der Waals surface area contributed by atoms with E-state index in [9.17, 15) is 4.79 Å². The van der Waals surface area contributed by atoms with E-state index in [2.05, 4.69) is 34.7 Å². The highest BCUT2D eigenvalue weighted by molar-refractivity contribution is 5.76. The van der Waals surface area contributed by atoms with Crippen molar-refractivity contribution in [3.8, 4) is 5.75 Å². The van der Waals surface area contributed by atoms with Crippen molar-refractivity contribution in [1.82, 2.24) is 15.4 Å². The molecular formula is C27H31N3O3. The van der Waals surface area contributed by atoms with Crippen molar-refractivity contribution in [2.24, 2.45) is 11.8 Å². The lowest BCUT2D eigenvalue weighted by Gasteiger charge is -2.34. The van der Waals surface area contributed by atoms with Crippen LogP contribution in [0.4, 0.5) is 0 Å². The average molecular weight is 446 g/mol. The topological polar surface area (TPSA) is 67.6 Å². The molecule has 2 aliphatic heterocycles. The standard InChI is InChI=1S/C27H31N3O3/c31-27(30-13-11-20-6-4-5-7-22(20)18-30)15-21-10-12-28-17-23(21)14-24-16-26(33-29-24)19-32-25-8-2-1-3-9-25/h1-9,16,21,23,28H,10-15,17-19H2/t21-,23-/m0/s1. The molecule has 172 valence electrons. The second-order valence-electron chi connectivity index (χ2n) is 9.14. The molecule has 33 heavy (non-hydrogen) atoms. The molecule has 0 spiro atoms. The van der Waals surface area contributed by atoms with Crippen molar-refractivity contribution in [2.75, 3.05) is 19.6 Å². The SMILES string of the molecule is O=C(C[C@@H]1CCNC[C@@H]1Cc1cc(COc2ccccc2)on1)N1CCc2ccccc2C1. The molecule has 6 nitrogen and oxygen atoms in total. The quantitative estimate of drug-likeness (QED) is 0.596. The monoisotopic (exact) mass is 445 g/mol. The van der Waals surface area contributed by atoms with E-state index < -0.39 is 0 Å². The van der Waals surface area contributed by atoms with Gasteiger partial charge in [0.2, 0.25) is 5.91 Å². The second-order valence-corrected chi connectivity index (χ2v) is 9.14. The lowest BCUT2D eigenvalue weighted by Crippen LogP contribution is -2.42. The van der Waals surface area contributed by atoms with Gasteiger partial charge in [-0.25, -0.2) is 0 Å². The predicted molar refractivity (Wildman–Crippen MR) is 126 cm³/mol.